The molecule has 0 spiro atoms. The summed E-state index contributed by atoms with van der Waals surface area (Å²) in [4.78, 5) is 12.0. The van der Waals surface area contributed by atoms with Gasteiger partial charge in [-0.3, -0.25) is 4.79 Å². The number of benzene rings is 1. The van der Waals surface area contributed by atoms with Gasteiger partial charge in [0.25, 0.3) is 0 Å². The summed E-state index contributed by atoms with van der Waals surface area (Å²) in [7, 11) is 0. The van der Waals surface area contributed by atoms with Gasteiger partial charge in [-0.2, -0.15) is 13.2 Å². The van der Waals surface area contributed by atoms with Gasteiger partial charge in [0.15, 0.2) is 5.78 Å². The van der Waals surface area contributed by atoms with Crippen molar-refractivity contribution in [2.45, 2.75) is 25.4 Å². The molecule has 5 heteroatoms. The van der Waals surface area contributed by atoms with E-state index in [9.17, 15) is 18.0 Å². The molecule has 1 fully saturated rings. The van der Waals surface area contributed by atoms with Crippen LogP contribution < -0.4 is 0 Å². The molecule has 104 valence electrons. The van der Waals surface area contributed by atoms with Gasteiger partial charge >= 0.3 is 6.18 Å². The van der Waals surface area contributed by atoms with Crippen molar-refractivity contribution in [1.82, 2.24) is 0 Å². The normalized spacial score (nSPS) is 17.4. The van der Waals surface area contributed by atoms with Crippen molar-refractivity contribution in [3.8, 4) is 0 Å². The molecule has 0 aromatic heterocycles. The van der Waals surface area contributed by atoms with E-state index in [1.807, 2.05) is 0 Å². The zero-order chi connectivity index (χ0) is 13.9. The van der Waals surface area contributed by atoms with Crippen LogP contribution in [0.4, 0.5) is 13.2 Å². The molecular weight excluding hydrogens is 257 g/mol. The number of Topliss-reactive ketones (excluding diaryl/α,β-unsaturated/α-hetero) is 1. The molecule has 0 unspecified atom stereocenters. The van der Waals surface area contributed by atoms with Gasteiger partial charge in [0.2, 0.25) is 0 Å². The van der Waals surface area contributed by atoms with Crippen molar-refractivity contribution in [2.75, 3.05) is 13.2 Å². The fourth-order valence-corrected chi connectivity index (χ4v) is 2.30. The molecule has 1 aliphatic heterocycles. The first-order valence-electron chi connectivity index (χ1n) is 6.25. The van der Waals surface area contributed by atoms with E-state index in [1.165, 1.54) is 18.2 Å². The standard InChI is InChI=1S/C14H15F3O2/c15-14(16,17)12-4-2-1-3-11(12)13(18)9-10-5-7-19-8-6-10/h1-4,10H,5-9H2. The number of hydrogen-bond acceptors (Lipinski definition) is 2. The van der Waals surface area contributed by atoms with Gasteiger partial charge < -0.3 is 4.74 Å². The quantitative estimate of drug-likeness (QED) is 0.784. The molecule has 2 nitrogen and oxygen atoms in total. The van der Waals surface area contributed by atoms with E-state index in [4.69, 9.17) is 4.74 Å². The van der Waals surface area contributed by atoms with E-state index in [2.05, 4.69) is 0 Å². The third-order valence-electron chi connectivity index (χ3n) is 3.35. The first-order chi connectivity index (χ1) is 8.98. The summed E-state index contributed by atoms with van der Waals surface area (Å²) in [5.41, 5.74) is -1.06. The van der Waals surface area contributed by atoms with Gasteiger partial charge in [-0.05, 0) is 24.8 Å². The highest BCUT2D eigenvalue weighted by Gasteiger charge is 2.35. The molecule has 19 heavy (non-hydrogen) atoms. The van der Waals surface area contributed by atoms with Crippen LogP contribution in [0.1, 0.15) is 35.2 Å². The largest absolute Gasteiger partial charge is 0.417 e. The summed E-state index contributed by atoms with van der Waals surface area (Å²) in [6.45, 7) is 1.16. The second-order valence-electron chi connectivity index (χ2n) is 4.73. The van der Waals surface area contributed by atoms with Crippen LogP contribution in [0.25, 0.3) is 0 Å². The van der Waals surface area contributed by atoms with Gasteiger partial charge in [-0.15, -0.1) is 0 Å². The van der Waals surface area contributed by atoms with Crippen molar-refractivity contribution in [3.63, 3.8) is 0 Å². The van der Waals surface area contributed by atoms with E-state index in [0.717, 1.165) is 18.9 Å². The number of ketones is 1. The van der Waals surface area contributed by atoms with Gasteiger partial charge in [0.1, 0.15) is 0 Å². The van der Waals surface area contributed by atoms with E-state index >= 15 is 0 Å². The minimum absolute atomic E-state index is 0.127. The molecule has 1 aliphatic rings. The third-order valence-corrected chi connectivity index (χ3v) is 3.35. The van der Waals surface area contributed by atoms with Crippen LogP contribution >= 0.6 is 0 Å². The third kappa shape index (κ3) is 3.56. The number of alkyl halides is 3. The van der Waals surface area contributed by atoms with Crippen LogP contribution in [0.2, 0.25) is 0 Å². The van der Waals surface area contributed by atoms with Crippen LogP contribution in [-0.4, -0.2) is 19.0 Å². The van der Waals surface area contributed by atoms with Gasteiger partial charge in [-0.1, -0.05) is 18.2 Å². The molecule has 1 heterocycles. The van der Waals surface area contributed by atoms with E-state index in [1.54, 1.807) is 0 Å². The number of rotatable bonds is 3. The molecular formula is C14H15F3O2. The average Bonchev–Trinajstić information content (AvgIpc) is 2.39. The Morgan fingerprint density at radius 3 is 2.47 bits per heavy atom. The van der Waals surface area contributed by atoms with Crippen molar-refractivity contribution < 1.29 is 22.7 Å². The summed E-state index contributed by atoms with van der Waals surface area (Å²) < 4.78 is 43.6. The minimum Gasteiger partial charge on any atom is -0.381 e. The van der Waals surface area contributed by atoms with Crippen LogP contribution in [0, 0.1) is 5.92 Å². The Morgan fingerprint density at radius 2 is 1.84 bits per heavy atom. The minimum atomic E-state index is -4.48. The van der Waals surface area contributed by atoms with Crippen molar-refractivity contribution in [2.24, 2.45) is 5.92 Å². The first-order valence-corrected chi connectivity index (χ1v) is 6.25. The molecule has 1 aromatic carbocycles. The number of ether oxygens (including phenoxy) is 1. The lowest BCUT2D eigenvalue weighted by molar-refractivity contribution is -0.137. The molecule has 1 aromatic rings. The van der Waals surface area contributed by atoms with Gasteiger partial charge in [0, 0.05) is 25.2 Å². The number of carbonyl (C=O) groups excluding carboxylic acids is 1. The molecule has 0 bridgehead atoms. The van der Waals surface area contributed by atoms with E-state index in [0.29, 0.717) is 13.2 Å². The molecule has 0 amide bonds. The lowest BCUT2D eigenvalue weighted by atomic mass is 9.90. The Morgan fingerprint density at radius 1 is 1.21 bits per heavy atom. The average molecular weight is 272 g/mol. The highest BCUT2D eigenvalue weighted by molar-refractivity contribution is 5.97. The number of carbonyl (C=O) groups is 1. The summed E-state index contributed by atoms with van der Waals surface area (Å²) in [5.74, 6) is -0.303. The maximum Gasteiger partial charge on any atom is 0.417 e. The second-order valence-corrected chi connectivity index (χ2v) is 4.73. The van der Waals surface area contributed by atoms with Crippen molar-refractivity contribution >= 4 is 5.78 Å². The SMILES string of the molecule is O=C(CC1CCOCC1)c1ccccc1C(F)(F)F. The fourth-order valence-electron chi connectivity index (χ4n) is 2.30. The smallest absolute Gasteiger partial charge is 0.381 e. The molecule has 1 saturated heterocycles. The Bertz CT molecular complexity index is 448. The van der Waals surface area contributed by atoms with Crippen LogP contribution in [-0.2, 0) is 10.9 Å². The maximum atomic E-state index is 12.8. The summed E-state index contributed by atoms with van der Waals surface area (Å²) in [5, 5.41) is 0. The predicted molar refractivity (Wildman–Crippen MR) is 63.9 cm³/mol. The topological polar surface area (TPSA) is 26.3 Å². The number of halogens is 3. The van der Waals surface area contributed by atoms with Crippen LogP contribution in [0.3, 0.4) is 0 Å². The maximum absolute atomic E-state index is 12.8. The van der Waals surface area contributed by atoms with Gasteiger partial charge in [-0.25, -0.2) is 0 Å². The lowest BCUT2D eigenvalue weighted by Gasteiger charge is -2.21. The van der Waals surface area contributed by atoms with Gasteiger partial charge in [0.05, 0.1) is 5.56 Å². The second kappa shape index (κ2) is 5.74. The highest BCUT2D eigenvalue weighted by Crippen LogP contribution is 2.33. The summed E-state index contributed by atoms with van der Waals surface area (Å²) >= 11 is 0. The molecule has 0 atom stereocenters. The molecule has 2 rings (SSSR count). The summed E-state index contributed by atoms with van der Waals surface area (Å²) in [6, 6.07) is 4.97. The fraction of sp³-hybridized carbons (Fsp3) is 0.500. The number of hydrogen-bond donors (Lipinski definition) is 0. The monoisotopic (exact) mass is 272 g/mol. The molecule has 0 saturated carbocycles. The predicted octanol–water partition coefficient (Wildman–Crippen LogP) is 3.70. The first kappa shape index (κ1) is 14.1. The van der Waals surface area contributed by atoms with Crippen LogP contribution in [0.15, 0.2) is 24.3 Å². The highest BCUT2D eigenvalue weighted by atomic mass is 19.4. The zero-order valence-corrected chi connectivity index (χ0v) is 10.4. The summed E-state index contributed by atoms with van der Waals surface area (Å²) in [6.07, 6.45) is -2.85. The lowest BCUT2D eigenvalue weighted by Crippen LogP contribution is -2.20. The Hall–Kier alpha value is -1.36. The van der Waals surface area contributed by atoms with E-state index in [-0.39, 0.29) is 17.9 Å². The Labute approximate surface area is 109 Å². The van der Waals surface area contributed by atoms with Crippen LogP contribution in [0.5, 0.6) is 0 Å². The zero-order valence-electron chi connectivity index (χ0n) is 10.4. The van der Waals surface area contributed by atoms with Crippen molar-refractivity contribution in [3.05, 3.63) is 35.4 Å². The molecule has 0 N–H and O–H groups in total. The molecule has 0 aliphatic carbocycles. The Balaban J connectivity index is 2.14. The van der Waals surface area contributed by atoms with Crippen molar-refractivity contribution in [1.29, 1.82) is 0 Å². The van der Waals surface area contributed by atoms with E-state index < -0.39 is 17.5 Å². The Kier molecular flexibility index (Phi) is 4.24. The molecule has 0 radical (unpaired) electrons.